The number of hydrogen-bond acceptors (Lipinski definition) is 2. The molecule has 1 N–H and O–H groups in total. The second kappa shape index (κ2) is 7.88. The summed E-state index contributed by atoms with van der Waals surface area (Å²) >= 11 is 0. The van der Waals surface area contributed by atoms with E-state index in [-0.39, 0.29) is 18.1 Å². The third-order valence-electron chi connectivity index (χ3n) is 4.36. The maximum absolute atomic E-state index is 13.8. The van der Waals surface area contributed by atoms with E-state index in [9.17, 15) is 9.18 Å². The van der Waals surface area contributed by atoms with Crippen LogP contribution in [0.15, 0.2) is 78.9 Å². The van der Waals surface area contributed by atoms with Gasteiger partial charge in [0.05, 0.1) is 16.7 Å². The number of imidazole rings is 1. The van der Waals surface area contributed by atoms with E-state index in [0.29, 0.717) is 5.82 Å². The van der Waals surface area contributed by atoms with Crippen LogP contribution in [0.4, 0.5) is 10.1 Å². The lowest BCUT2D eigenvalue weighted by Gasteiger charge is -2.09. The summed E-state index contributed by atoms with van der Waals surface area (Å²) in [5.74, 6) is -0.119. The van der Waals surface area contributed by atoms with Crippen LogP contribution >= 0.6 is 0 Å². The van der Waals surface area contributed by atoms with E-state index in [1.54, 1.807) is 12.1 Å². The first-order valence-electron chi connectivity index (χ1n) is 8.93. The molecule has 0 bridgehead atoms. The number of halogens is 1. The van der Waals surface area contributed by atoms with Crippen molar-refractivity contribution >= 4 is 34.8 Å². The van der Waals surface area contributed by atoms with Gasteiger partial charge >= 0.3 is 0 Å². The van der Waals surface area contributed by atoms with Gasteiger partial charge < -0.3 is 9.88 Å². The third-order valence-corrected chi connectivity index (χ3v) is 4.36. The highest BCUT2D eigenvalue weighted by Crippen LogP contribution is 2.19. The molecule has 1 amide bonds. The predicted molar refractivity (Wildman–Crippen MR) is 110 cm³/mol. The zero-order valence-corrected chi connectivity index (χ0v) is 15.0. The minimum Gasteiger partial charge on any atom is -0.322 e. The molecule has 0 spiro atoms. The summed E-state index contributed by atoms with van der Waals surface area (Å²) in [4.78, 5) is 17.2. The molecule has 4 aromatic rings. The Morgan fingerprint density at radius 3 is 2.46 bits per heavy atom. The average Bonchev–Trinajstić information content (AvgIpc) is 3.06. The molecule has 1 aromatic heterocycles. The van der Waals surface area contributed by atoms with Gasteiger partial charge in [-0.3, -0.25) is 4.79 Å². The number of aromatic nitrogens is 2. The minimum absolute atomic E-state index is 0.0311. The van der Waals surface area contributed by atoms with Crippen molar-refractivity contribution in [2.75, 3.05) is 5.32 Å². The summed E-state index contributed by atoms with van der Waals surface area (Å²) in [7, 11) is 0. The number of anilines is 1. The number of rotatable bonds is 5. The van der Waals surface area contributed by atoms with Crippen molar-refractivity contribution in [2.24, 2.45) is 0 Å². The van der Waals surface area contributed by atoms with Gasteiger partial charge in [0.15, 0.2) is 0 Å². The maximum Gasteiger partial charge on any atom is 0.244 e. The van der Waals surface area contributed by atoms with Crippen LogP contribution in [-0.2, 0) is 11.3 Å². The maximum atomic E-state index is 13.8. The Labute approximate surface area is 162 Å². The van der Waals surface area contributed by atoms with Gasteiger partial charge in [0.1, 0.15) is 18.2 Å². The van der Waals surface area contributed by atoms with Crippen molar-refractivity contribution in [3.8, 4) is 0 Å². The summed E-state index contributed by atoms with van der Waals surface area (Å²) < 4.78 is 15.6. The Morgan fingerprint density at radius 1 is 0.929 bits per heavy atom. The molecule has 138 valence electrons. The molecule has 28 heavy (non-hydrogen) atoms. The molecule has 3 aromatic carbocycles. The second-order valence-electron chi connectivity index (χ2n) is 6.32. The van der Waals surface area contributed by atoms with E-state index in [1.807, 2.05) is 71.3 Å². The number of nitrogens with one attached hydrogen (secondary N) is 1. The van der Waals surface area contributed by atoms with Crippen LogP contribution in [0.5, 0.6) is 0 Å². The van der Waals surface area contributed by atoms with E-state index < -0.39 is 5.82 Å². The second-order valence-corrected chi connectivity index (χ2v) is 6.32. The van der Waals surface area contributed by atoms with Crippen molar-refractivity contribution in [2.45, 2.75) is 6.54 Å². The fraction of sp³-hybridized carbons (Fsp3) is 0.0435. The smallest absolute Gasteiger partial charge is 0.244 e. The molecule has 0 aliphatic carbocycles. The topological polar surface area (TPSA) is 46.9 Å². The number of nitrogens with zero attached hydrogens (tertiary/aromatic N) is 2. The summed E-state index contributed by atoms with van der Waals surface area (Å²) in [5, 5.41) is 2.63. The minimum atomic E-state index is -0.462. The van der Waals surface area contributed by atoms with E-state index in [2.05, 4.69) is 10.3 Å². The molecule has 0 atom stereocenters. The number of fused-ring (bicyclic) bond motifs is 1. The van der Waals surface area contributed by atoms with Gasteiger partial charge in [-0.1, -0.05) is 60.7 Å². The van der Waals surface area contributed by atoms with Crippen LogP contribution in [0.3, 0.4) is 0 Å². The predicted octanol–water partition coefficient (Wildman–Crippen LogP) is 4.98. The van der Waals surface area contributed by atoms with Crippen LogP contribution in [0.25, 0.3) is 23.2 Å². The monoisotopic (exact) mass is 371 g/mol. The SMILES string of the molecule is O=C(Cn1c(/C=C/c2ccccc2)nc2ccccc21)Nc1ccccc1F. The zero-order chi connectivity index (χ0) is 19.3. The van der Waals surface area contributed by atoms with Gasteiger partial charge in [0.2, 0.25) is 5.91 Å². The van der Waals surface area contributed by atoms with Gasteiger partial charge in [-0.15, -0.1) is 0 Å². The molecule has 0 fully saturated rings. The van der Waals surface area contributed by atoms with Gasteiger partial charge in [-0.05, 0) is 35.9 Å². The zero-order valence-electron chi connectivity index (χ0n) is 15.0. The molecule has 0 saturated heterocycles. The highest BCUT2D eigenvalue weighted by molar-refractivity contribution is 5.92. The largest absolute Gasteiger partial charge is 0.322 e. The van der Waals surface area contributed by atoms with E-state index in [0.717, 1.165) is 16.6 Å². The van der Waals surface area contributed by atoms with Crippen LogP contribution in [0, 0.1) is 5.82 Å². The fourth-order valence-corrected chi connectivity index (χ4v) is 3.02. The molecule has 1 heterocycles. The Bertz CT molecular complexity index is 1150. The normalized spacial score (nSPS) is 11.2. The number of hydrogen-bond donors (Lipinski definition) is 1. The lowest BCUT2D eigenvalue weighted by molar-refractivity contribution is -0.116. The fourth-order valence-electron chi connectivity index (χ4n) is 3.02. The highest BCUT2D eigenvalue weighted by atomic mass is 19.1. The van der Waals surface area contributed by atoms with Gasteiger partial charge in [0.25, 0.3) is 0 Å². The Morgan fingerprint density at radius 2 is 1.64 bits per heavy atom. The lowest BCUT2D eigenvalue weighted by atomic mass is 10.2. The summed E-state index contributed by atoms with van der Waals surface area (Å²) in [6, 6.07) is 23.6. The molecular formula is C23H18FN3O. The quantitative estimate of drug-likeness (QED) is 0.538. The van der Waals surface area contributed by atoms with Gasteiger partial charge in [-0.25, -0.2) is 9.37 Å². The van der Waals surface area contributed by atoms with Crippen LogP contribution in [0.2, 0.25) is 0 Å². The highest BCUT2D eigenvalue weighted by Gasteiger charge is 2.13. The Balaban J connectivity index is 1.64. The Hall–Kier alpha value is -3.73. The van der Waals surface area contributed by atoms with Crippen molar-refractivity contribution in [1.29, 1.82) is 0 Å². The number of carbonyl (C=O) groups is 1. The molecule has 4 rings (SSSR count). The molecule has 0 unspecified atom stereocenters. The number of benzene rings is 3. The number of amides is 1. The molecule has 5 heteroatoms. The molecule has 4 nitrogen and oxygen atoms in total. The standard InChI is InChI=1S/C23H18FN3O/c24-18-10-4-5-11-19(18)26-23(28)16-27-21-13-7-6-12-20(21)25-22(27)15-14-17-8-2-1-3-9-17/h1-15H,16H2,(H,26,28)/b15-14+. The van der Waals surface area contributed by atoms with E-state index in [4.69, 9.17) is 0 Å². The lowest BCUT2D eigenvalue weighted by Crippen LogP contribution is -2.20. The first-order chi connectivity index (χ1) is 13.7. The van der Waals surface area contributed by atoms with Crippen LogP contribution in [-0.4, -0.2) is 15.5 Å². The first-order valence-corrected chi connectivity index (χ1v) is 8.93. The molecular weight excluding hydrogens is 353 g/mol. The van der Waals surface area contributed by atoms with Crippen molar-refractivity contribution in [3.63, 3.8) is 0 Å². The summed E-state index contributed by atoms with van der Waals surface area (Å²) in [5.41, 5.74) is 2.85. The van der Waals surface area contributed by atoms with Crippen molar-refractivity contribution in [1.82, 2.24) is 9.55 Å². The van der Waals surface area contributed by atoms with Crippen molar-refractivity contribution < 1.29 is 9.18 Å². The molecule has 0 radical (unpaired) electrons. The summed E-state index contributed by atoms with van der Waals surface area (Å²) in [6.45, 7) is 0.0311. The molecule has 0 saturated carbocycles. The molecule has 0 aliphatic heterocycles. The van der Waals surface area contributed by atoms with Gasteiger partial charge in [0, 0.05) is 0 Å². The van der Waals surface area contributed by atoms with Gasteiger partial charge in [-0.2, -0.15) is 0 Å². The first kappa shape index (κ1) is 17.7. The third kappa shape index (κ3) is 3.83. The van der Waals surface area contributed by atoms with E-state index in [1.165, 1.54) is 12.1 Å². The number of carbonyl (C=O) groups excluding carboxylic acids is 1. The Kier molecular flexibility index (Phi) is 4.97. The average molecular weight is 371 g/mol. The molecule has 0 aliphatic rings. The van der Waals surface area contributed by atoms with Crippen molar-refractivity contribution in [3.05, 3.63) is 96.1 Å². The number of para-hydroxylation sites is 3. The van der Waals surface area contributed by atoms with E-state index >= 15 is 0 Å². The summed E-state index contributed by atoms with van der Waals surface area (Å²) in [6.07, 6.45) is 3.83. The van der Waals surface area contributed by atoms with Crippen LogP contribution in [0.1, 0.15) is 11.4 Å². The van der Waals surface area contributed by atoms with Crippen LogP contribution < -0.4 is 5.32 Å².